The van der Waals surface area contributed by atoms with Crippen molar-refractivity contribution in [1.82, 2.24) is 4.31 Å². The van der Waals surface area contributed by atoms with Crippen LogP contribution < -0.4 is 19.1 Å². The monoisotopic (exact) mass is 419 g/mol. The lowest BCUT2D eigenvalue weighted by atomic mass is 10.1. The van der Waals surface area contributed by atoms with E-state index in [1.54, 1.807) is 24.3 Å². The molecule has 0 aromatic heterocycles. The number of hydrogen-bond acceptors (Lipinski definition) is 5. The van der Waals surface area contributed by atoms with Crippen LogP contribution in [0.4, 0.5) is 11.4 Å². The molecule has 1 aliphatic heterocycles. The summed E-state index contributed by atoms with van der Waals surface area (Å²) >= 11 is 0. The number of amides is 1. The summed E-state index contributed by atoms with van der Waals surface area (Å²) in [5, 5.41) is 2.74. The molecule has 0 unspecified atom stereocenters. The topological polar surface area (TPSA) is 88.2 Å². The maximum Gasteiger partial charge on any atom is 0.304 e. The molecule has 0 spiro atoms. The van der Waals surface area contributed by atoms with E-state index in [4.69, 9.17) is 9.47 Å². The third-order valence-electron chi connectivity index (χ3n) is 4.49. The Morgan fingerprint density at radius 3 is 2.41 bits per heavy atom. The average molecular weight is 420 g/mol. The molecule has 0 bridgehead atoms. The Morgan fingerprint density at radius 1 is 1.03 bits per heavy atom. The van der Waals surface area contributed by atoms with Gasteiger partial charge in [-0.2, -0.15) is 12.7 Å². The number of rotatable bonds is 6. The number of nitrogens with one attached hydrogen (secondary N) is 1. The van der Waals surface area contributed by atoms with Crippen LogP contribution in [-0.4, -0.2) is 52.5 Å². The Labute approximate surface area is 171 Å². The third kappa shape index (κ3) is 4.63. The van der Waals surface area contributed by atoms with Gasteiger partial charge in [0.15, 0.2) is 11.5 Å². The summed E-state index contributed by atoms with van der Waals surface area (Å²) in [6, 6.07) is 10.6. The van der Waals surface area contributed by atoms with Gasteiger partial charge in [0.2, 0.25) is 5.91 Å². The van der Waals surface area contributed by atoms with Crippen LogP contribution in [0.1, 0.15) is 11.1 Å². The van der Waals surface area contributed by atoms with Crippen molar-refractivity contribution in [1.29, 1.82) is 0 Å². The number of benzene rings is 2. The Hall–Kier alpha value is -2.78. The zero-order valence-electron chi connectivity index (χ0n) is 16.9. The molecule has 29 heavy (non-hydrogen) atoms. The first-order valence-corrected chi connectivity index (χ1v) is 10.5. The van der Waals surface area contributed by atoms with Crippen molar-refractivity contribution in [2.24, 2.45) is 0 Å². The molecule has 0 aliphatic carbocycles. The number of ether oxygens (including phenoxy) is 2. The van der Waals surface area contributed by atoms with Gasteiger partial charge in [0.05, 0.1) is 5.69 Å². The number of aryl methyl sites for hydroxylation is 2. The summed E-state index contributed by atoms with van der Waals surface area (Å²) in [7, 11) is -0.998. The predicted octanol–water partition coefficient (Wildman–Crippen LogP) is 2.33. The summed E-state index contributed by atoms with van der Waals surface area (Å²) in [6.07, 6.45) is 0. The molecule has 1 amide bonds. The van der Waals surface area contributed by atoms with Gasteiger partial charge < -0.3 is 14.8 Å². The number of carbonyl (C=O) groups excluding carboxylic acids is 1. The molecular weight excluding hydrogens is 394 g/mol. The Bertz CT molecular complexity index is 1020. The molecule has 1 aliphatic rings. The SMILES string of the molecule is Cc1ccc(C)c(N(CC(=O)Nc2ccc3c(c2)OCCO3)S(=O)(=O)N(C)C)c1. The van der Waals surface area contributed by atoms with Gasteiger partial charge in [0.1, 0.15) is 19.8 Å². The van der Waals surface area contributed by atoms with Crippen molar-refractivity contribution in [3.8, 4) is 11.5 Å². The first kappa shape index (κ1) is 20.9. The standard InChI is InChI=1S/C20H25N3O5S/c1-14-5-6-15(2)17(11-14)23(29(25,26)22(3)4)13-20(24)21-16-7-8-18-19(12-16)28-10-9-27-18/h5-8,11-12H,9-10,13H2,1-4H3,(H,21,24). The normalized spacial score (nSPS) is 13.3. The molecule has 8 nitrogen and oxygen atoms in total. The zero-order valence-corrected chi connectivity index (χ0v) is 17.7. The first-order valence-electron chi connectivity index (χ1n) is 9.15. The van der Waals surface area contributed by atoms with Gasteiger partial charge in [0, 0.05) is 25.8 Å². The average Bonchev–Trinajstić information content (AvgIpc) is 2.68. The van der Waals surface area contributed by atoms with Crippen LogP contribution >= 0.6 is 0 Å². The van der Waals surface area contributed by atoms with Crippen molar-refractivity contribution < 1.29 is 22.7 Å². The van der Waals surface area contributed by atoms with E-state index in [-0.39, 0.29) is 6.54 Å². The van der Waals surface area contributed by atoms with Gasteiger partial charge in [-0.3, -0.25) is 4.79 Å². The van der Waals surface area contributed by atoms with Crippen LogP contribution in [0.3, 0.4) is 0 Å². The summed E-state index contributed by atoms with van der Waals surface area (Å²) < 4.78 is 39.0. The van der Waals surface area contributed by atoms with Crippen molar-refractivity contribution in [3.63, 3.8) is 0 Å². The van der Waals surface area contributed by atoms with Gasteiger partial charge in [-0.05, 0) is 43.2 Å². The maximum absolute atomic E-state index is 12.9. The summed E-state index contributed by atoms with van der Waals surface area (Å²) in [6.45, 7) is 4.24. The minimum Gasteiger partial charge on any atom is -0.486 e. The fourth-order valence-corrected chi connectivity index (χ4v) is 4.05. The molecular formula is C20H25N3O5S. The van der Waals surface area contributed by atoms with Crippen molar-refractivity contribution >= 4 is 27.5 Å². The van der Waals surface area contributed by atoms with Gasteiger partial charge in [-0.25, -0.2) is 4.31 Å². The quantitative estimate of drug-likeness (QED) is 0.776. The van der Waals surface area contributed by atoms with Gasteiger partial charge in [-0.15, -0.1) is 0 Å². The lowest BCUT2D eigenvalue weighted by Crippen LogP contribution is -2.44. The summed E-state index contributed by atoms with van der Waals surface area (Å²) in [4.78, 5) is 12.7. The second-order valence-corrected chi connectivity index (χ2v) is 9.06. The highest BCUT2D eigenvalue weighted by Crippen LogP contribution is 2.32. The van der Waals surface area contributed by atoms with Crippen LogP contribution in [0.25, 0.3) is 0 Å². The highest BCUT2D eigenvalue weighted by Gasteiger charge is 2.28. The number of nitrogens with zero attached hydrogens (tertiary/aromatic N) is 2. The molecule has 0 fully saturated rings. The first-order chi connectivity index (χ1) is 13.7. The third-order valence-corrected chi connectivity index (χ3v) is 6.29. The van der Waals surface area contributed by atoms with Crippen molar-refractivity contribution in [2.45, 2.75) is 13.8 Å². The van der Waals surface area contributed by atoms with Crippen LogP contribution in [-0.2, 0) is 15.0 Å². The van der Waals surface area contributed by atoms with Crippen LogP contribution in [0.5, 0.6) is 11.5 Å². The summed E-state index contributed by atoms with van der Waals surface area (Å²) in [5.41, 5.74) is 2.63. The molecule has 1 N–H and O–H groups in total. The van der Waals surface area contributed by atoms with Gasteiger partial charge >= 0.3 is 10.2 Å². The van der Waals surface area contributed by atoms with Crippen molar-refractivity contribution in [3.05, 3.63) is 47.5 Å². The lowest BCUT2D eigenvalue weighted by Gasteiger charge is -2.28. The van der Waals surface area contributed by atoms with Gasteiger partial charge in [-0.1, -0.05) is 12.1 Å². The van der Waals surface area contributed by atoms with E-state index < -0.39 is 16.1 Å². The Balaban J connectivity index is 1.86. The van der Waals surface area contributed by atoms with E-state index in [0.29, 0.717) is 36.1 Å². The molecule has 2 aromatic rings. The smallest absolute Gasteiger partial charge is 0.304 e. The fraction of sp³-hybridized carbons (Fsp3) is 0.350. The number of hydrogen-bond donors (Lipinski definition) is 1. The van der Waals surface area contributed by atoms with Crippen molar-refractivity contribution in [2.75, 3.05) is 43.5 Å². The number of fused-ring (bicyclic) bond motifs is 1. The van der Waals surface area contributed by atoms with E-state index >= 15 is 0 Å². The van der Waals surface area contributed by atoms with Crippen LogP contribution in [0.15, 0.2) is 36.4 Å². The molecule has 9 heteroatoms. The molecule has 156 valence electrons. The predicted molar refractivity (Wildman–Crippen MR) is 112 cm³/mol. The second kappa shape index (κ2) is 8.30. The van der Waals surface area contributed by atoms with E-state index in [0.717, 1.165) is 19.7 Å². The van der Waals surface area contributed by atoms with E-state index in [1.165, 1.54) is 14.1 Å². The molecule has 0 atom stereocenters. The highest BCUT2D eigenvalue weighted by molar-refractivity contribution is 7.90. The fourth-order valence-electron chi connectivity index (χ4n) is 2.93. The number of carbonyl (C=O) groups is 1. The molecule has 0 saturated heterocycles. The second-order valence-electron chi connectivity index (χ2n) is 6.99. The minimum absolute atomic E-state index is 0.362. The Morgan fingerprint density at radius 2 is 1.72 bits per heavy atom. The van der Waals surface area contributed by atoms with E-state index in [9.17, 15) is 13.2 Å². The maximum atomic E-state index is 12.9. The molecule has 1 heterocycles. The van der Waals surface area contributed by atoms with E-state index in [2.05, 4.69) is 5.32 Å². The van der Waals surface area contributed by atoms with E-state index in [1.807, 2.05) is 26.0 Å². The lowest BCUT2D eigenvalue weighted by molar-refractivity contribution is -0.114. The molecule has 0 saturated carbocycles. The molecule has 2 aromatic carbocycles. The van der Waals surface area contributed by atoms with Crippen LogP contribution in [0.2, 0.25) is 0 Å². The molecule has 3 rings (SSSR count). The van der Waals surface area contributed by atoms with Crippen LogP contribution in [0, 0.1) is 13.8 Å². The highest BCUT2D eigenvalue weighted by atomic mass is 32.2. The van der Waals surface area contributed by atoms with Gasteiger partial charge in [0.25, 0.3) is 0 Å². The Kier molecular flexibility index (Phi) is 5.99. The largest absolute Gasteiger partial charge is 0.486 e. The molecule has 0 radical (unpaired) electrons. The minimum atomic E-state index is -3.87. The summed E-state index contributed by atoms with van der Waals surface area (Å²) in [5.74, 6) is 0.691. The zero-order chi connectivity index (χ0) is 21.2. The number of anilines is 2.